The van der Waals surface area contributed by atoms with Crippen molar-refractivity contribution in [1.82, 2.24) is 4.98 Å². The Labute approximate surface area is 128 Å². The SMILES string of the molecule is COC(=O)c1cc2cc(OC)ccc2nc1-c1ccccc1. The zero-order valence-corrected chi connectivity index (χ0v) is 12.4. The summed E-state index contributed by atoms with van der Waals surface area (Å²) in [6.45, 7) is 0. The lowest BCUT2D eigenvalue weighted by molar-refractivity contribution is 0.0601. The molecule has 0 saturated carbocycles. The molecule has 4 nitrogen and oxygen atoms in total. The Morgan fingerprint density at radius 3 is 2.45 bits per heavy atom. The molecule has 0 unspecified atom stereocenters. The van der Waals surface area contributed by atoms with Crippen molar-refractivity contribution in [3.05, 3.63) is 60.2 Å². The maximum absolute atomic E-state index is 12.1. The van der Waals surface area contributed by atoms with E-state index in [1.54, 1.807) is 13.2 Å². The van der Waals surface area contributed by atoms with Crippen LogP contribution >= 0.6 is 0 Å². The van der Waals surface area contributed by atoms with Crippen LogP contribution in [0.25, 0.3) is 22.2 Å². The Balaban J connectivity index is 2.27. The van der Waals surface area contributed by atoms with Gasteiger partial charge in [0.25, 0.3) is 0 Å². The Morgan fingerprint density at radius 2 is 1.77 bits per heavy atom. The molecule has 22 heavy (non-hydrogen) atoms. The van der Waals surface area contributed by atoms with Crippen molar-refractivity contribution in [1.29, 1.82) is 0 Å². The van der Waals surface area contributed by atoms with Gasteiger partial charge in [-0.25, -0.2) is 9.78 Å². The number of pyridine rings is 1. The normalized spacial score (nSPS) is 10.5. The molecule has 110 valence electrons. The first kappa shape index (κ1) is 14.1. The molecule has 3 aromatic rings. The van der Waals surface area contributed by atoms with E-state index < -0.39 is 5.97 Å². The monoisotopic (exact) mass is 293 g/mol. The summed E-state index contributed by atoms with van der Waals surface area (Å²) in [6, 6.07) is 17.0. The van der Waals surface area contributed by atoms with Gasteiger partial charge in [0.05, 0.1) is 31.0 Å². The van der Waals surface area contributed by atoms with Gasteiger partial charge in [0.1, 0.15) is 5.75 Å². The third-order valence-corrected chi connectivity index (χ3v) is 3.47. The Kier molecular flexibility index (Phi) is 3.74. The van der Waals surface area contributed by atoms with Gasteiger partial charge in [0.15, 0.2) is 0 Å². The first-order chi connectivity index (χ1) is 10.7. The lowest BCUT2D eigenvalue weighted by Gasteiger charge is -2.10. The second-order valence-electron chi connectivity index (χ2n) is 4.80. The van der Waals surface area contributed by atoms with Crippen molar-refractivity contribution in [2.24, 2.45) is 0 Å². The van der Waals surface area contributed by atoms with Crippen LogP contribution in [0.1, 0.15) is 10.4 Å². The van der Waals surface area contributed by atoms with Gasteiger partial charge in [0.2, 0.25) is 0 Å². The van der Waals surface area contributed by atoms with Crippen molar-refractivity contribution in [3.8, 4) is 17.0 Å². The standard InChI is InChI=1S/C18H15NO3/c1-21-14-8-9-16-13(10-14)11-15(18(20)22-2)17(19-16)12-6-4-3-5-7-12/h3-11H,1-2H3. The summed E-state index contributed by atoms with van der Waals surface area (Å²) in [5.41, 5.74) is 2.73. The molecule has 1 heterocycles. The van der Waals surface area contributed by atoms with Crippen LogP contribution in [0.2, 0.25) is 0 Å². The van der Waals surface area contributed by atoms with Crippen molar-refractivity contribution in [2.45, 2.75) is 0 Å². The lowest BCUT2D eigenvalue weighted by atomic mass is 10.0. The summed E-state index contributed by atoms with van der Waals surface area (Å²) in [4.78, 5) is 16.7. The van der Waals surface area contributed by atoms with Crippen LogP contribution in [-0.4, -0.2) is 25.2 Å². The zero-order chi connectivity index (χ0) is 15.5. The number of aromatic nitrogens is 1. The van der Waals surface area contributed by atoms with E-state index in [0.717, 1.165) is 22.2 Å². The average molecular weight is 293 g/mol. The first-order valence-electron chi connectivity index (χ1n) is 6.85. The molecule has 2 aromatic carbocycles. The van der Waals surface area contributed by atoms with E-state index in [-0.39, 0.29) is 0 Å². The summed E-state index contributed by atoms with van der Waals surface area (Å²) in [5, 5.41) is 0.833. The topological polar surface area (TPSA) is 48.4 Å². The van der Waals surface area contributed by atoms with E-state index >= 15 is 0 Å². The molecule has 0 saturated heterocycles. The highest BCUT2D eigenvalue weighted by atomic mass is 16.5. The maximum atomic E-state index is 12.1. The van der Waals surface area contributed by atoms with Crippen LogP contribution in [0.3, 0.4) is 0 Å². The molecule has 0 N–H and O–H groups in total. The van der Waals surface area contributed by atoms with Gasteiger partial charge in [-0.1, -0.05) is 30.3 Å². The highest BCUT2D eigenvalue weighted by molar-refractivity contribution is 6.00. The minimum absolute atomic E-state index is 0.406. The molecular weight excluding hydrogens is 278 g/mol. The predicted molar refractivity (Wildman–Crippen MR) is 85.1 cm³/mol. The molecule has 0 fully saturated rings. The van der Waals surface area contributed by atoms with Crippen molar-refractivity contribution in [3.63, 3.8) is 0 Å². The van der Waals surface area contributed by atoms with E-state index in [4.69, 9.17) is 9.47 Å². The summed E-state index contributed by atoms with van der Waals surface area (Å²) in [7, 11) is 2.97. The van der Waals surface area contributed by atoms with Gasteiger partial charge >= 0.3 is 5.97 Å². The van der Waals surface area contributed by atoms with Crippen molar-refractivity contribution in [2.75, 3.05) is 14.2 Å². The molecule has 4 heteroatoms. The molecule has 0 amide bonds. The Hall–Kier alpha value is -2.88. The average Bonchev–Trinajstić information content (AvgIpc) is 2.60. The summed E-state index contributed by atoms with van der Waals surface area (Å²) >= 11 is 0. The number of esters is 1. The minimum Gasteiger partial charge on any atom is -0.497 e. The molecule has 0 bridgehead atoms. The van der Waals surface area contributed by atoms with E-state index in [9.17, 15) is 4.79 Å². The Bertz CT molecular complexity index is 828. The number of benzene rings is 2. The lowest BCUT2D eigenvalue weighted by Crippen LogP contribution is -2.05. The van der Waals surface area contributed by atoms with Crippen molar-refractivity contribution < 1.29 is 14.3 Å². The molecule has 1 aromatic heterocycles. The summed E-state index contributed by atoms with van der Waals surface area (Å²) in [5.74, 6) is 0.314. The molecule has 0 spiro atoms. The number of nitrogens with zero attached hydrogens (tertiary/aromatic N) is 1. The van der Waals surface area contributed by atoms with Gasteiger partial charge < -0.3 is 9.47 Å². The molecule has 0 aliphatic heterocycles. The molecule has 0 aliphatic rings. The van der Waals surface area contributed by atoms with Gasteiger partial charge in [-0.05, 0) is 24.3 Å². The van der Waals surface area contributed by atoms with Gasteiger partial charge in [0, 0.05) is 10.9 Å². The second kappa shape index (κ2) is 5.85. The van der Waals surface area contributed by atoms with Crippen LogP contribution in [0.4, 0.5) is 0 Å². The number of ether oxygens (including phenoxy) is 2. The number of hydrogen-bond donors (Lipinski definition) is 0. The molecule has 3 rings (SSSR count). The van der Waals surface area contributed by atoms with Crippen LogP contribution in [-0.2, 0) is 4.74 Å². The van der Waals surface area contributed by atoms with Crippen LogP contribution in [0, 0.1) is 0 Å². The van der Waals surface area contributed by atoms with E-state index in [1.165, 1.54) is 7.11 Å². The number of carbonyl (C=O) groups is 1. The highest BCUT2D eigenvalue weighted by Gasteiger charge is 2.16. The molecule has 0 atom stereocenters. The first-order valence-corrected chi connectivity index (χ1v) is 6.85. The van der Waals surface area contributed by atoms with Crippen LogP contribution in [0.5, 0.6) is 5.75 Å². The smallest absolute Gasteiger partial charge is 0.340 e. The number of methoxy groups -OCH3 is 2. The Morgan fingerprint density at radius 1 is 1.00 bits per heavy atom. The van der Waals surface area contributed by atoms with Crippen molar-refractivity contribution >= 4 is 16.9 Å². The quantitative estimate of drug-likeness (QED) is 0.691. The third kappa shape index (κ3) is 2.51. The van der Waals surface area contributed by atoms with Gasteiger partial charge in [-0.2, -0.15) is 0 Å². The predicted octanol–water partition coefficient (Wildman–Crippen LogP) is 3.70. The van der Waals surface area contributed by atoms with Gasteiger partial charge in [-0.15, -0.1) is 0 Å². The molecule has 0 radical (unpaired) electrons. The number of fused-ring (bicyclic) bond motifs is 1. The fraction of sp³-hybridized carbons (Fsp3) is 0.111. The summed E-state index contributed by atoms with van der Waals surface area (Å²) in [6.07, 6.45) is 0. The largest absolute Gasteiger partial charge is 0.497 e. The van der Waals surface area contributed by atoms with Crippen LogP contribution in [0.15, 0.2) is 54.6 Å². The number of rotatable bonds is 3. The van der Waals surface area contributed by atoms with Gasteiger partial charge in [-0.3, -0.25) is 0 Å². The number of carbonyl (C=O) groups excluding carboxylic acids is 1. The fourth-order valence-electron chi connectivity index (χ4n) is 2.36. The number of hydrogen-bond acceptors (Lipinski definition) is 4. The van der Waals surface area contributed by atoms with E-state index in [2.05, 4.69) is 4.98 Å². The molecule has 0 aliphatic carbocycles. The zero-order valence-electron chi connectivity index (χ0n) is 12.4. The second-order valence-corrected chi connectivity index (χ2v) is 4.80. The van der Waals surface area contributed by atoms with Crippen LogP contribution < -0.4 is 4.74 Å². The third-order valence-electron chi connectivity index (χ3n) is 3.47. The highest BCUT2D eigenvalue weighted by Crippen LogP contribution is 2.28. The fourth-order valence-corrected chi connectivity index (χ4v) is 2.36. The van der Waals surface area contributed by atoms with E-state index in [1.807, 2.05) is 48.5 Å². The maximum Gasteiger partial charge on any atom is 0.340 e. The molecular formula is C18H15NO3. The summed E-state index contributed by atoms with van der Waals surface area (Å²) < 4.78 is 10.1. The van der Waals surface area contributed by atoms with E-state index in [0.29, 0.717) is 11.3 Å². The minimum atomic E-state index is -0.406.